The molecule has 0 saturated heterocycles. The lowest BCUT2D eigenvalue weighted by Gasteiger charge is -2.39. The number of Topliss-reactive ketones (excluding diaryl/α,β-unsaturated/α-hetero) is 2. The Hall–Kier alpha value is -3.30. The highest BCUT2D eigenvalue weighted by atomic mass is 32.2. The minimum absolute atomic E-state index is 0.00239. The van der Waals surface area contributed by atoms with Crippen molar-refractivity contribution < 1.29 is 14.3 Å². The predicted molar refractivity (Wildman–Crippen MR) is 135 cm³/mol. The molecule has 6 heteroatoms. The number of allylic oxidation sites excluding steroid dienone is 3. The Balaban J connectivity index is 1.71. The molecule has 0 amide bonds. The summed E-state index contributed by atoms with van der Waals surface area (Å²) in [6.45, 7) is 6.14. The summed E-state index contributed by atoms with van der Waals surface area (Å²) >= 11 is 1.33. The molecule has 174 valence electrons. The van der Waals surface area contributed by atoms with Gasteiger partial charge in [-0.05, 0) is 36.5 Å². The molecule has 4 rings (SSSR count). The Morgan fingerprint density at radius 3 is 2.44 bits per heavy atom. The van der Waals surface area contributed by atoms with Crippen molar-refractivity contribution in [3.05, 3.63) is 87.1 Å². The van der Waals surface area contributed by atoms with E-state index < -0.39 is 5.92 Å². The molecule has 1 atom stereocenters. The Kier molecular flexibility index (Phi) is 6.67. The van der Waals surface area contributed by atoms with Crippen LogP contribution in [0.4, 0.5) is 0 Å². The summed E-state index contributed by atoms with van der Waals surface area (Å²) in [4.78, 5) is 26.1. The first-order valence-electron chi connectivity index (χ1n) is 11.3. The first-order valence-corrected chi connectivity index (χ1v) is 12.2. The molecule has 1 aliphatic heterocycles. The lowest BCUT2D eigenvalue weighted by atomic mass is 9.69. The smallest absolute Gasteiger partial charge is 0.173 e. The van der Waals surface area contributed by atoms with Gasteiger partial charge < -0.3 is 10.1 Å². The van der Waals surface area contributed by atoms with E-state index in [4.69, 9.17) is 4.74 Å². The molecule has 1 heterocycles. The maximum Gasteiger partial charge on any atom is 0.173 e. The van der Waals surface area contributed by atoms with Crippen molar-refractivity contribution in [1.29, 1.82) is 5.26 Å². The van der Waals surface area contributed by atoms with E-state index in [-0.39, 0.29) is 22.7 Å². The molecule has 1 N–H and O–H groups in total. The number of aryl methyl sites for hydroxylation is 1. The molecule has 34 heavy (non-hydrogen) atoms. The van der Waals surface area contributed by atoms with Crippen molar-refractivity contribution in [2.75, 3.05) is 12.9 Å². The molecule has 5 nitrogen and oxygen atoms in total. The van der Waals surface area contributed by atoms with Crippen molar-refractivity contribution in [2.45, 2.75) is 39.5 Å². The Morgan fingerprint density at radius 1 is 1.15 bits per heavy atom. The Labute approximate surface area is 204 Å². The molecular formula is C28H28N2O3S. The number of nitrogens with zero attached hydrogens (tertiary/aromatic N) is 1. The van der Waals surface area contributed by atoms with Gasteiger partial charge in [-0.2, -0.15) is 5.26 Å². The molecule has 2 aromatic rings. The first-order chi connectivity index (χ1) is 16.2. The number of dihydropyridines is 1. The molecule has 0 radical (unpaired) electrons. The number of hydrogen-bond acceptors (Lipinski definition) is 6. The highest BCUT2D eigenvalue weighted by Gasteiger charge is 2.42. The summed E-state index contributed by atoms with van der Waals surface area (Å²) in [6.07, 6.45) is 1.14. The number of nitrogens with one attached hydrogen (secondary N) is 1. The van der Waals surface area contributed by atoms with Crippen LogP contribution >= 0.6 is 11.8 Å². The fourth-order valence-corrected chi connectivity index (χ4v) is 5.54. The Bertz CT molecular complexity index is 1230. The van der Waals surface area contributed by atoms with Gasteiger partial charge in [0, 0.05) is 23.3 Å². The highest BCUT2D eigenvalue weighted by Crippen LogP contribution is 2.48. The van der Waals surface area contributed by atoms with Crippen molar-refractivity contribution in [1.82, 2.24) is 5.32 Å². The summed E-state index contributed by atoms with van der Waals surface area (Å²) in [6, 6.07) is 17.3. The third-order valence-corrected chi connectivity index (χ3v) is 7.31. The van der Waals surface area contributed by atoms with Crippen LogP contribution in [0.25, 0.3) is 0 Å². The van der Waals surface area contributed by atoms with E-state index in [2.05, 4.69) is 25.2 Å². The van der Waals surface area contributed by atoms with Gasteiger partial charge in [0.15, 0.2) is 11.6 Å². The van der Waals surface area contributed by atoms with Gasteiger partial charge in [0.05, 0.1) is 35.5 Å². The number of benzene rings is 2. The van der Waals surface area contributed by atoms with Crippen LogP contribution in [0.3, 0.4) is 0 Å². The van der Waals surface area contributed by atoms with Crippen LogP contribution in [0, 0.1) is 23.7 Å². The zero-order valence-electron chi connectivity index (χ0n) is 19.9. The van der Waals surface area contributed by atoms with Crippen LogP contribution in [0.5, 0.6) is 5.75 Å². The lowest BCUT2D eigenvalue weighted by molar-refractivity contribution is -0.118. The van der Waals surface area contributed by atoms with Gasteiger partial charge in [-0.25, -0.2) is 0 Å². The number of nitriles is 1. The van der Waals surface area contributed by atoms with E-state index in [1.165, 1.54) is 11.8 Å². The standard InChI is InChI=1S/C28H28N2O3S/c1-17-5-7-18(8-6-17)24(32)16-34-27-21(15-29)25(19-9-11-20(33-4)12-10-19)26-22(30-27)13-28(2,3)14-23(26)31/h5-12,25,30H,13-14,16H2,1-4H3/t25-/m0/s1. The molecule has 0 saturated carbocycles. The number of ether oxygens (including phenoxy) is 1. The molecule has 0 spiro atoms. The number of hydrogen-bond donors (Lipinski definition) is 1. The quantitative estimate of drug-likeness (QED) is 0.545. The van der Waals surface area contributed by atoms with E-state index in [9.17, 15) is 14.9 Å². The van der Waals surface area contributed by atoms with Crippen LogP contribution in [-0.2, 0) is 4.79 Å². The number of carbonyl (C=O) groups excluding carboxylic acids is 2. The molecule has 0 fully saturated rings. The van der Waals surface area contributed by atoms with E-state index in [1.54, 1.807) is 7.11 Å². The van der Waals surface area contributed by atoms with Gasteiger partial charge in [0.2, 0.25) is 0 Å². The summed E-state index contributed by atoms with van der Waals surface area (Å²) in [5.74, 6) is 0.507. The molecule has 2 aromatic carbocycles. The number of methoxy groups -OCH3 is 1. The SMILES string of the molecule is COc1ccc([C@H]2C(C#N)=C(SCC(=O)c3ccc(C)cc3)NC3=C2C(=O)CC(C)(C)C3)cc1. The zero-order chi connectivity index (χ0) is 24.5. The maximum absolute atomic E-state index is 13.3. The van der Waals surface area contributed by atoms with Gasteiger partial charge in [0.1, 0.15) is 5.75 Å². The average molecular weight is 473 g/mol. The topological polar surface area (TPSA) is 79.2 Å². The number of ketones is 2. The largest absolute Gasteiger partial charge is 0.497 e. The van der Waals surface area contributed by atoms with Crippen LogP contribution in [-0.4, -0.2) is 24.4 Å². The van der Waals surface area contributed by atoms with Crippen LogP contribution < -0.4 is 10.1 Å². The normalized spacial score (nSPS) is 19.3. The van der Waals surface area contributed by atoms with Gasteiger partial charge in [0.25, 0.3) is 0 Å². The number of thioether (sulfide) groups is 1. The average Bonchev–Trinajstić information content (AvgIpc) is 2.81. The van der Waals surface area contributed by atoms with Gasteiger partial charge >= 0.3 is 0 Å². The van der Waals surface area contributed by atoms with E-state index in [0.717, 1.165) is 16.8 Å². The molecule has 0 bridgehead atoms. The van der Waals surface area contributed by atoms with E-state index in [0.29, 0.717) is 40.3 Å². The van der Waals surface area contributed by atoms with Crippen LogP contribution in [0.15, 0.2) is 70.4 Å². The first kappa shape index (κ1) is 23.8. The molecule has 2 aliphatic rings. The summed E-state index contributed by atoms with van der Waals surface area (Å²) in [5.41, 5.74) is 4.42. The second kappa shape index (κ2) is 9.52. The fraction of sp³-hybridized carbons (Fsp3) is 0.321. The van der Waals surface area contributed by atoms with Crippen molar-refractivity contribution >= 4 is 23.3 Å². The van der Waals surface area contributed by atoms with Crippen molar-refractivity contribution in [3.63, 3.8) is 0 Å². The lowest BCUT2D eigenvalue weighted by Crippen LogP contribution is -2.37. The fourth-order valence-electron chi connectivity index (χ4n) is 4.58. The van der Waals surface area contributed by atoms with Crippen molar-refractivity contribution in [3.8, 4) is 11.8 Å². The van der Waals surface area contributed by atoms with Gasteiger partial charge in [-0.1, -0.05) is 67.6 Å². The summed E-state index contributed by atoms with van der Waals surface area (Å²) in [7, 11) is 1.60. The molecular weight excluding hydrogens is 444 g/mol. The van der Waals surface area contributed by atoms with E-state index in [1.807, 2.05) is 55.5 Å². The van der Waals surface area contributed by atoms with Gasteiger partial charge in [-0.3, -0.25) is 9.59 Å². The van der Waals surface area contributed by atoms with Crippen LogP contribution in [0.1, 0.15) is 54.1 Å². The minimum atomic E-state index is -0.465. The number of rotatable bonds is 6. The number of carbonyl (C=O) groups is 2. The molecule has 0 unspecified atom stereocenters. The highest BCUT2D eigenvalue weighted by molar-refractivity contribution is 8.03. The third kappa shape index (κ3) is 4.80. The molecule has 0 aromatic heterocycles. The van der Waals surface area contributed by atoms with Gasteiger partial charge in [-0.15, -0.1) is 0 Å². The molecule has 1 aliphatic carbocycles. The summed E-state index contributed by atoms with van der Waals surface area (Å²) < 4.78 is 5.29. The second-order valence-electron chi connectivity index (χ2n) is 9.60. The zero-order valence-corrected chi connectivity index (χ0v) is 20.7. The predicted octanol–water partition coefficient (Wildman–Crippen LogP) is 5.68. The second-order valence-corrected chi connectivity index (χ2v) is 10.6. The maximum atomic E-state index is 13.3. The van der Waals surface area contributed by atoms with E-state index >= 15 is 0 Å². The third-order valence-electron chi connectivity index (χ3n) is 6.30. The minimum Gasteiger partial charge on any atom is -0.497 e. The monoisotopic (exact) mass is 472 g/mol. The Morgan fingerprint density at radius 2 is 1.82 bits per heavy atom. The summed E-state index contributed by atoms with van der Waals surface area (Å²) in [5, 5.41) is 14.2. The van der Waals surface area contributed by atoms with Crippen molar-refractivity contribution in [2.24, 2.45) is 5.41 Å². The van der Waals surface area contributed by atoms with Crippen LogP contribution in [0.2, 0.25) is 0 Å².